The van der Waals surface area contributed by atoms with E-state index in [0.717, 1.165) is 31.0 Å². The Morgan fingerprint density at radius 1 is 1.62 bits per heavy atom. The minimum absolute atomic E-state index is 0.217. The van der Waals surface area contributed by atoms with Gasteiger partial charge in [-0.15, -0.1) is 0 Å². The largest absolute Gasteiger partial charge is 0.396 e. The summed E-state index contributed by atoms with van der Waals surface area (Å²) in [4.78, 5) is 2.14. The van der Waals surface area contributed by atoms with Gasteiger partial charge in [0.05, 0.1) is 5.69 Å². The number of nitrogens with zero attached hydrogens (tertiary/aromatic N) is 4. The molecule has 1 aromatic heterocycles. The van der Waals surface area contributed by atoms with E-state index in [2.05, 4.69) is 16.1 Å². The van der Waals surface area contributed by atoms with Gasteiger partial charge in [-0.3, -0.25) is 4.68 Å². The smallest absolute Gasteiger partial charge is 0.144 e. The van der Waals surface area contributed by atoms with Crippen LogP contribution in [0.1, 0.15) is 17.7 Å². The maximum absolute atomic E-state index is 9.12. The molecule has 1 aliphatic heterocycles. The van der Waals surface area contributed by atoms with Crippen molar-refractivity contribution in [3.05, 3.63) is 11.3 Å². The van der Waals surface area contributed by atoms with Gasteiger partial charge in [0.2, 0.25) is 0 Å². The number of aliphatic hydroxyl groups excluding tert-OH is 1. The third kappa shape index (κ3) is 1.65. The zero-order chi connectivity index (χ0) is 11.7. The Morgan fingerprint density at radius 2 is 2.38 bits per heavy atom. The fourth-order valence-electron chi connectivity index (χ4n) is 2.31. The molecule has 1 N–H and O–H groups in total. The van der Waals surface area contributed by atoms with E-state index in [-0.39, 0.29) is 6.61 Å². The fraction of sp³-hybridized carbons (Fsp3) is 0.636. The van der Waals surface area contributed by atoms with Crippen molar-refractivity contribution in [2.24, 2.45) is 13.0 Å². The van der Waals surface area contributed by atoms with Gasteiger partial charge in [0.25, 0.3) is 0 Å². The molecule has 0 radical (unpaired) electrons. The zero-order valence-corrected chi connectivity index (χ0v) is 9.64. The van der Waals surface area contributed by atoms with Gasteiger partial charge in [-0.25, -0.2) is 0 Å². The zero-order valence-electron chi connectivity index (χ0n) is 9.64. The van der Waals surface area contributed by atoms with Crippen LogP contribution in [0.4, 0.5) is 5.82 Å². The van der Waals surface area contributed by atoms with Gasteiger partial charge in [0, 0.05) is 32.7 Å². The summed E-state index contributed by atoms with van der Waals surface area (Å²) in [5.74, 6) is 1.21. The highest BCUT2D eigenvalue weighted by molar-refractivity contribution is 5.57. The molecular weight excluding hydrogens is 204 g/mol. The predicted molar refractivity (Wildman–Crippen MR) is 60.1 cm³/mol. The van der Waals surface area contributed by atoms with Gasteiger partial charge in [0.15, 0.2) is 0 Å². The lowest BCUT2D eigenvalue weighted by Gasteiger charge is -2.18. The Hall–Kier alpha value is -1.54. The Morgan fingerprint density at radius 3 is 2.94 bits per heavy atom. The summed E-state index contributed by atoms with van der Waals surface area (Å²) < 4.78 is 1.76. The van der Waals surface area contributed by atoms with E-state index < -0.39 is 0 Å². The molecule has 5 nitrogen and oxygen atoms in total. The first kappa shape index (κ1) is 11.0. The van der Waals surface area contributed by atoms with Gasteiger partial charge in [-0.2, -0.15) is 10.4 Å². The molecule has 0 aliphatic carbocycles. The summed E-state index contributed by atoms with van der Waals surface area (Å²) in [5.41, 5.74) is 1.42. The van der Waals surface area contributed by atoms with Crippen LogP contribution in [0.25, 0.3) is 0 Å². The Kier molecular flexibility index (Phi) is 2.84. The highest BCUT2D eigenvalue weighted by Crippen LogP contribution is 2.27. The van der Waals surface area contributed by atoms with Crippen LogP contribution in [0.2, 0.25) is 0 Å². The van der Waals surface area contributed by atoms with Crippen LogP contribution >= 0.6 is 0 Å². The van der Waals surface area contributed by atoms with E-state index in [4.69, 9.17) is 10.4 Å². The molecule has 2 heterocycles. The second-order valence-electron chi connectivity index (χ2n) is 4.30. The normalized spacial score (nSPS) is 20.1. The minimum Gasteiger partial charge on any atom is -0.396 e. The van der Waals surface area contributed by atoms with Gasteiger partial charge < -0.3 is 10.0 Å². The van der Waals surface area contributed by atoms with Crippen LogP contribution in [0.5, 0.6) is 0 Å². The third-order valence-electron chi connectivity index (χ3n) is 3.15. The summed E-state index contributed by atoms with van der Waals surface area (Å²) in [6, 6.07) is 2.21. The number of hydrogen-bond acceptors (Lipinski definition) is 4. The van der Waals surface area contributed by atoms with E-state index in [1.807, 2.05) is 14.0 Å². The summed E-state index contributed by atoms with van der Waals surface area (Å²) in [7, 11) is 1.86. The van der Waals surface area contributed by atoms with E-state index in [0.29, 0.717) is 11.5 Å². The highest BCUT2D eigenvalue weighted by atomic mass is 16.3. The molecule has 1 fully saturated rings. The first-order valence-corrected chi connectivity index (χ1v) is 5.47. The van der Waals surface area contributed by atoms with E-state index >= 15 is 0 Å². The van der Waals surface area contributed by atoms with Crippen LogP contribution in [-0.2, 0) is 7.05 Å². The third-order valence-corrected chi connectivity index (χ3v) is 3.15. The molecule has 1 saturated heterocycles. The summed E-state index contributed by atoms with van der Waals surface area (Å²) >= 11 is 0. The molecule has 5 heteroatoms. The number of aromatic nitrogens is 2. The molecule has 16 heavy (non-hydrogen) atoms. The maximum atomic E-state index is 9.12. The second kappa shape index (κ2) is 4.14. The Bertz CT molecular complexity index is 432. The summed E-state index contributed by atoms with van der Waals surface area (Å²) in [6.45, 7) is 3.76. The van der Waals surface area contributed by atoms with Crippen molar-refractivity contribution in [3.63, 3.8) is 0 Å². The Balaban J connectivity index is 2.31. The molecule has 0 amide bonds. The van der Waals surface area contributed by atoms with Gasteiger partial charge in [-0.1, -0.05) is 0 Å². The van der Waals surface area contributed by atoms with Crippen LogP contribution < -0.4 is 4.90 Å². The molecule has 1 atom stereocenters. The molecule has 1 aliphatic rings. The van der Waals surface area contributed by atoms with Crippen LogP contribution in [0, 0.1) is 24.2 Å². The monoisotopic (exact) mass is 220 g/mol. The second-order valence-corrected chi connectivity index (χ2v) is 4.30. The number of hydrogen-bond donors (Lipinski definition) is 1. The SMILES string of the molecule is Cc1nn(C)c(N2CCC(CO)C2)c1C#N. The van der Waals surface area contributed by atoms with E-state index in [1.54, 1.807) is 4.68 Å². The standard InChI is InChI=1S/C11H16N4O/c1-8-10(5-12)11(14(2)13-8)15-4-3-9(6-15)7-16/h9,16H,3-4,6-7H2,1-2H3. The fourth-order valence-corrected chi connectivity index (χ4v) is 2.31. The van der Waals surface area contributed by atoms with Crippen LogP contribution in [0.3, 0.4) is 0 Å². The van der Waals surface area contributed by atoms with E-state index in [9.17, 15) is 0 Å². The first-order chi connectivity index (χ1) is 7.67. The van der Waals surface area contributed by atoms with Crippen molar-refractivity contribution in [2.75, 3.05) is 24.6 Å². The molecule has 2 rings (SSSR count). The van der Waals surface area contributed by atoms with Crippen LogP contribution in [-0.4, -0.2) is 34.6 Å². The lowest BCUT2D eigenvalue weighted by atomic mass is 10.1. The minimum atomic E-state index is 0.217. The van der Waals surface area contributed by atoms with Crippen molar-refractivity contribution in [1.82, 2.24) is 9.78 Å². The van der Waals surface area contributed by atoms with Crippen LogP contribution in [0.15, 0.2) is 0 Å². The average molecular weight is 220 g/mol. The predicted octanol–water partition coefficient (Wildman–Crippen LogP) is 0.419. The van der Waals surface area contributed by atoms with Crippen molar-refractivity contribution in [1.29, 1.82) is 5.26 Å². The Labute approximate surface area is 94.9 Å². The number of aryl methyl sites for hydroxylation is 2. The van der Waals surface area contributed by atoms with Gasteiger partial charge in [0.1, 0.15) is 17.5 Å². The summed E-state index contributed by atoms with van der Waals surface area (Å²) in [6.07, 6.45) is 0.978. The molecule has 0 saturated carbocycles. The summed E-state index contributed by atoms with van der Waals surface area (Å²) in [5, 5.41) is 22.5. The topological polar surface area (TPSA) is 65.1 Å². The van der Waals surface area contributed by atoms with Gasteiger partial charge in [-0.05, 0) is 13.3 Å². The van der Waals surface area contributed by atoms with Crippen molar-refractivity contribution in [2.45, 2.75) is 13.3 Å². The number of nitriles is 1. The first-order valence-electron chi connectivity index (χ1n) is 5.47. The number of aliphatic hydroxyl groups is 1. The van der Waals surface area contributed by atoms with Crippen molar-refractivity contribution < 1.29 is 5.11 Å². The molecule has 0 aromatic carbocycles. The maximum Gasteiger partial charge on any atom is 0.144 e. The molecule has 1 unspecified atom stereocenters. The average Bonchev–Trinajstić information content (AvgIpc) is 2.82. The van der Waals surface area contributed by atoms with Crippen molar-refractivity contribution in [3.8, 4) is 6.07 Å². The number of rotatable bonds is 2. The van der Waals surface area contributed by atoms with E-state index in [1.165, 1.54) is 0 Å². The molecule has 0 spiro atoms. The molecule has 0 bridgehead atoms. The molecular formula is C11H16N4O. The quantitative estimate of drug-likeness (QED) is 0.784. The molecule has 1 aromatic rings. The highest BCUT2D eigenvalue weighted by Gasteiger charge is 2.27. The lowest BCUT2D eigenvalue weighted by molar-refractivity contribution is 0.238. The number of anilines is 1. The van der Waals surface area contributed by atoms with Crippen molar-refractivity contribution >= 4 is 5.82 Å². The van der Waals surface area contributed by atoms with Gasteiger partial charge >= 0.3 is 0 Å². The molecule has 86 valence electrons. The lowest BCUT2D eigenvalue weighted by Crippen LogP contribution is -2.23.